The van der Waals surface area contributed by atoms with Crippen molar-refractivity contribution in [3.05, 3.63) is 81.6 Å². The highest BCUT2D eigenvalue weighted by molar-refractivity contribution is 6.31. The van der Waals surface area contributed by atoms with Crippen LogP contribution in [0.25, 0.3) is 0 Å². The molecule has 0 radical (unpaired) electrons. The number of carbonyl (C=O) groups is 1. The number of anilines is 2. The molecule has 2 N–H and O–H groups in total. The van der Waals surface area contributed by atoms with Gasteiger partial charge in [-0.3, -0.25) is 4.79 Å². The van der Waals surface area contributed by atoms with Gasteiger partial charge in [-0.25, -0.2) is 9.97 Å². The van der Waals surface area contributed by atoms with Crippen LogP contribution in [0.15, 0.2) is 54.9 Å². The van der Waals surface area contributed by atoms with Crippen LogP contribution >= 0.6 is 23.2 Å². The number of aromatic nitrogens is 2. The Hall–Kier alpha value is -2.63. The number of hydrogen-bond acceptors (Lipinski definition) is 4. The first-order valence-electron chi connectivity index (χ1n) is 7.90. The number of amides is 1. The first kappa shape index (κ1) is 18.2. The van der Waals surface area contributed by atoms with Gasteiger partial charge < -0.3 is 10.6 Å². The van der Waals surface area contributed by atoms with Crippen molar-refractivity contribution in [3.63, 3.8) is 0 Å². The molecule has 0 fully saturated rings. The van der Waals surface area contributed by atoms with Gasteiger partial charge in [-0.15, -0.1) is 0 Å². The third-order valence-corrected chi connectivity index (χ3v) is 4.46. The predicted octanol–water partition coefficient (Wildman–Crippen LogP) is 4.77. The number of halogens is 2. The monoisotopic (exact) mass is 386 g/mol. The van der Waals surface area contributed by atoms with Crippen LogP contribution < -0.4 is 10.6 Å². The van der Waals surface area contributed by atoms with Gasteiger partial charge in [-0.05, 0) is 42.3 Å². The fourth-order valence-corrected chi connectivity index (χ4v) is 2.56. The Bertz CT molecular complexity index is 912. The minimum absolute atomic E-state index is 0.245. The van der Waals surface area contributed by atoms with Gasteiger partial charge in [0, 0.05) is 34.7 Å². The van der Waals surface area contributed by atoms with Crippen LogP contribution in [-0.2, 0) is 6.54 Å². The third-order valence-electron chi connectivity index (χ3n) is 3.79. The van der Waals surface area contributed by atoms with E-state index in [0.29, 0.717) is 28.1 Å². The van der Waals surface area contributed by atoms with Crippen molar-refractivity contribution in [1.29, 1.82) is 0 Å². The maximum absolute atomic E-state index is 12.2. The molecule has 2 aromatic carbocycles. The van der Waals surface area contributed by atoms with Crippen LogP contribution in [-0.4, -0.2) is 15.9 Å². The standard InChI is InChI=1S/C19H16Cl2N4O/c1-12-16(21)3-2-4-17(12)25-19-23-10-14(11-24-19)18(26)22-9-13-5-7-15(20)8-6-13/h2-8,10-11H,9H2,1H3,(H,22,26)(H,23,24,25). The quantitative estimate of drug-likeness (QED) is 0.662. The maximum atomic E-state index is 12.2. The van der Waals surface area contributed by atoms with Crippen LogP contribution in [0.5, 0.6) is 0 Å². The summed E-state index contributed by atoms with van der Waals surface area (Å²) >= 11 is 11.9. The molecule has 3 rings (SSSR count). The van der Waals surface area contributed by atoms with Crippen molar-refractivity contribution in [1.82, 2.24) is 15.3 Å². The van der Waals surface area contributed by atoms with E-state index in [1.165, 1.54) is 12.4 Å². The van der Waals surface area contributed by atoms with E-state index >= 15 is 0 Å². The normalized spacial score (nSPS) is 10.4. The number of carbonyl (C=O) groups excluding carboxylic acids is 1. The lowest BCUT2D eigenvalue weighted by Gasteiger charge is -2.09. The summed E-state index contributed by atoms with van der Waals surface area (Å²) in [6.07, 6.45) is 2.96. The average Bonchev–Trinajstić information content (AvgIpc) is 2.65. The lowest BCUT2D eigenvalue weighted by atomic mass is 10.2. The molecule has 26 heavy (non-hydrogen) atoms. The topological polar surface area (TPSA) is 66.9 Å². The van der Waals surface area contributed by atoms with Crippen LogP contribution in [0, 0.1) is 6.92 Å². The second-order valence-corrected chi connectivity index (χ2v) is 6.49. The van der Waals surface area contributed by atoms with E-state index in [-0.39, 0.29) is 5.91 Å². The molecule has 0 aliphatic rings. The minimum Gasteiger partial charge on any atom is -0.348 e. The number of hydrogen-bond donors (Lipinski definition) is 2. The number of nitrogens with one attached hydrogen (secondary N) is 2. The molecule has 132 valence electrons. The van der Waals surface area contributed by atoms with Crippen LogP contribution in [0.1, 0.15) is 21.5 Å². The third kappa shape index (κ3) is 4.50. The summed E-state index contributed by atoms with van der Waals surface area (Å²) in [5.74, 6) is 0.148. The van der Waals surface area contributed by atoms with Crippen molar-refractivity contribution in [2.75, 3.05) is 5.32 Å². The van der Waals surface area contributed by atoms with Gasteiger partial charge in [0.05, 0.1) is 5.56 Å². The first-order valence-corrected chi connectivity index (χ1v) is 8.65. The first-order chi connectivity index (χ1) is 12.5. The zero-order valence-corrected chi connectivity index (χ0v) is 15.5. The summed E-state index contributed by atoms with van der Waals surface area (Å²) in [6, 6.07) is 12.8. The van der Waals surface area contributed by atoms with Crippen molar-refractivity contribution >= 4 is 40.7 Å². The van der Waals surface area contributed by atoms with Gasteiger partial charge in [0.1, 0.15) is 0 Å². The zero-order valence-electron chi connectivity index (χ0n) is 14.0. The molecule has 3 aromatic rings. The van der Waals surface area contributed by atoms with Crippen LogP contribution in [0.4, 0.5) is 11.6 Å². The van der Waals surface area contributed by atoms with Crippen molar-refractivity contribution in [2.45, 2.75) is 13.5 Å². The molecule has 0 bridgehead atoms. The molecule has 5 nitrogen and oxygen atoms in total. The molecule has 1 heterocycles. The van der Waals surface area contributed by atoms with E-state index in [2.05, 4.69) is 20.6 Å². The van der Waals surface area contributed by atoms with E-state index in [0.717, 1.165) is 16.8 Å². The summed E-state index contributed by atoms with van der Waals surface area (Å²) in [5.41, 5.74) is 3.06. The highest BCUT2D eigenvalue weighted by Gasteiger charge is 2.08. The molecular weight excluding hydrogens is 371 g/mol. The number of nitrogens with zero attached hydrogens (tertiary/aromatic N) is 2. The lowest BCUT2D eigenvalue weighted by molar-refractivity contribution is 0.0950. The molecular formula is C19H16Cl2N4O. The Balaban J connectivity index is 1.62. The predicted molar refractivity (Wildman–Crippen MR) is 104 cm³/mol. The summed E-state index contributed by atoms with van der Waals surface area (Å²) < 4.78 is 0. The molecule has 1 amide bonds. The second kappa shape index (κ2) is 8.17. The number of rotatable bonds is 5. The fourth-order valence-electron chi connectivity index (χ4n) is 2.26. The van der Waals surface area contributed by atoms with E-state index in [9.17, 15) is 4.79 Å². The highest BCUT2D eigenvalue weighted by Crippen LogP contribution is 2.24. The van der Waals surface area contributed by atoms with Gasteiger partial charge in [0.15, 0.2) is 0 Å². The average molecular weight is 387 g/mol. The smallest absolute Gasteiger partial charge is 0.254 e. The molecule has 0 atom stereocenters. The highest BCUT2D eigenvalue weighted by atomic mass is 35.5. The molecule has 0 aliphatic heterocycles. The summed E-state index contributed by atoms with van der Waals surface area (Å²) in [4.78, 5) is 20.6. The zero-order chi connectivity index (χ0) is 18.5. The van der Waals surface area contributed by atoms with Gasteiger partial charge in [0.2, 0.25) is 5.95 Å². The van der Waals surface area contributed by atoms with E-state index < -0.39 is 0 Å². The summed E-state index contributed by atoms with van der Waals surface area (Å²) in [6.45, 7) is 2.31. The fraction of sp³-hybridized carbons (Fsp3) is 0.105. The molecule has 0 saturated heterocycles. The second-order valence-electron chi connectivity index (χ2n) is 5.64. The van der Waals surface area contributed by atoms with Gasteiger partial charge in [-0.2, -0.15) is 0 Å². The molecule has 0 unspecified atom stereocenters. The number of benzene rings is 2. The maximum Gasteiger partial charge on any atom is 0.254 e. The molecule has 0 saturated carbocycles. The Kier molecular flexibility index (Phi) is 5.71. The molecule has 1 aromatic heterocycles. The van der Waals surface area contributed by atoms with Gasteiger partial charge in [-0.1, -0.05) is 41.4 Å². The molecule has 0 aliphatic carbocycles. The van der Waals surface area contributed by atoms with Crippen LogP contribution in [0.3, 0.4) is 0 Å². The van der Waals surface area contributed by atoms with Crippen molar-refractivity contribution < 1.29 is 4.79 Å². The molecule has 0 spiro atoms. The Labute approximate surface area is 161 Å². The molecule has 7 heteroatoms. The van der Waals surface area contributed by atoms with Crippen LogP contribution in [0.2, 0.25) is 10.0 Å². The Morgan fingerprint density at radius 2 is 1.73 bits per heavy atom. The van der Waals surface area contributed by atoms with Gasteiger partial charge >= 0.3 is 0 Å². The largest absolute Gasteiger partial charge is 0.348 e. The van der Waals surface area contributed by atoms with E-state index in [1.807, 2.05) is 37.3 Å². The minimum atomic E-state index is -0.245. The Morgan fingerprint density at radius 1 is 1.04 bits per heavy atom. The summed E-state index contributed by atoms with van der Waals surface area (Å²) in [7, 11) is 0. The Morgan fingerprint density at radius 3 is 2.42 bits per heavy atom. The van der Waals surface area contributed by atoms with E-state index in [1.54, 1.807) is 12.1 Å². The summed E-state index contributed by atoms with van der Waals surface area (Å²) in [5, 5.41) is 7.23. The lowest BCUT2D eigenvalue weighted by Crippen LogP contribution is -2.23. The van der Waals surface area contributed by atoms with Gasteiger partial charge in [0.25, 0.3) is 5.91 Å². The van der Waals surface area contributed by atoms with Crippen molar-refractivity contribution in [2.24, 2.45) is 0 Å². The van der Waals surface area contributed by atoms with E-state index in [4.69, 9.17) is 23.2 Å². The SMILES string of the molecule is Cc1c(Cl)cccc1Nc1ncc(C(=O)NCc2ccc(Cl)cc2)cn1. The van der Waals surface area contributed by atoms with Crippen molar-refractivity contribution in [3.8, 4) is 0 Å².